The summed E-state index contributed by atoms with van der Waals surface area (Å²) in [6, 6.07) is 4.52. The zero-order valence-corrected chi connectivity index (χ0v) is 13.4. The Labute approximate surface area is 130 Å². The summed E-state index contributed by atoms with van der Waals surface area (Å²) in [5.41, 5.74) is 4.49. The standard InChI is InChI=1S/C13H17BrN2O5/c1-3-20-12(17)13(2,15)7-8-21-11-9(14)5-4-6-10(11)16(18)19/h4-6H,3,7-8,15H2,1-2H3. The number of carbonyl (C=O) groups is 1. The number of ether oxygens (including phenoxy) is 2. The van der Waals surface area contributed by atoms with E-state index < -0.39 is 16.4 Å². The molecule has 1 aromatic carbocycles. The van der Waals surface area contributed by atoms with Gasteiger partial charge in [-0.25, -0.2) is 0 Å². The van der Waals surface area contributed by atoms with Gasteiger partial charge in [-0.15, -0.1) is 0 Å². The lowest BCUT2D eigenvalue weighted by Crippen LogP contribution is -2.47. The van der Waals surface area contributed by atoms with Crippen molar-refractivity contribution in [2.45, 2.75) is 25.8 Å². The van der Waals surface area contributed by atoms with Gasteiger partial charge < -0.3 is 15.2 Å². The molecule has 1 atom stereocenters. The lowest BCUT2D eigenvalue weighted by Gasteiger charge is -2.22. The molecular weight excluding hydrogens is 344 g/mol. The molecule has 7 nitrogen and oxygen atoms in total. The van der Waals surface area contributed by atoms with Crippen LogP contribution in [0.15, 0.2) is 22.7 Å². The van der Waals surface area contributed by atoms with Crippen molar-refractivity contribution in [1.29, 1.82) is 0 Å². The van der Waals surface area contributed by atoms with E-state index in [0.29, 0.717) is 4.47 Å². The Balaban J connectivity index is 2.73. The number of hydrogen-bond acceptors (Lipinski definition) is 6. The zero-order chi connectivity index (χ0) is 16.0. The number of rotatable bonds is 7. The maximum atomic E-state index is 11.6. The van der Waals surface area contributed by atoms with Crippen molar-refractivity contribution in [2.24, 2.45) is 5.73 Å². The van der Waals surface area contributed by atoms with E-state index >= 15 is 0 Å². The van der Waals surface area contributed by atoms with E-state index in [4.69, 9.17) is 15.2 Å². The van der Waals surface area contributed by atoms with Crippen LogP contribution in [-0.4, -0.2) is 29.6 Å². The van der Waals surface area contributed by atoms with Gasteiger partial charge in [-0.2, -0.15) is 0 Å². The first-order valence-electron chi connectivity index (χ1n) is 6.31. The molecule has 0 aliphatic rings. The van der Waals surface area contributed by atoms with Crippen LogP contribution in [0.4, 0.5) is 5.69 Å². The van der Waals surface area contributed by atoms with Gasteiger partial charge in [-0.1, -0.05) is 6.07 Å². The molecule has 0 saturated heterocycles. The molecular formula is C13H17BrN2O5. The third-order valence-electron chi connectivity index (χ3n) is 2.75. The fourth-order valence-electron chi connectivity index (χ4n) is 1.55. The minimum absolute atomic E-state index is 0.0509. The topological polar surface area (TPSA) is 105 Å². The quantitative estimate of drug-likeness (QED) is 0.454. The number of hydrogen-bond donors (Lipinski definition) is 1. The number of carbonyl (C=O) groups excluding carboxylic acids is 1. The Morgan fingerprint density at radius 3 is 2.76 bits per heavy atom. The maximum Gasteiger partial charge on any atom is 0.325 e. The minimum atomic E-state index is -1.20. The summed E-state index contributed by atoms with van der Waals surface area (Å²) in [5.74, 6) is -0.419. The van der Waals surface area contributed by atoms with Crippen molar-refractivity contribution in [2.75, 3.05) is 13.2 Å². The van der Waals surface area contributed by atoms with Gasteiger partial charge in [-0.05, 0) is 35.8 Å². The van der Waals surface area contributed by atoms with Crippen molar-refractivity contribution in [1.82, 2.24) is 0 Å². The summed E-state index contributed by atoms with van der Waals surface area (Å²) >= 11 is 3.20. The van der Waals surface area contributed by atoms with Crippen LogP contribution in [0, 0.1) is 10.1 Å². The molecule has 0 heterocycles. The number of esters is 1. The van der Waals surface area contributed by atoms with Gasteiger partial charge in [0.05, 0.1) is 22.6 Å². The molecule has 0 fully saturated rings. The molecule has 21 heavy (non-hydrogen) atoms. The van der Waals surface area contributed by atoms with Crippen molar-refractivity contribution in [3.8, 4) is 5.75 Å². The monoisotopic (exact) mass is 360 g/mol. The average Bonchev–Trinajstić information content (AvgIpc) is 2.40. The second kappa shape index (κ2) is 7.37. The second-order valence-corrected chi connectivity index (χ2v) is 5.44. The highest BCUT2D eigenvalue weighted by molar-refractivity contribution is 9.10. The van der Waals surface area contributed by atoms with Gasteiger partial charge in [0, 0.05) is 12.5 Å². The van der Waals surface area contributed by atoms with Gasteiger partial charge in [0.1, 0.15) is 5.54 Å². The molecule has 0 aliphatic heterocycles. The summed E-state index contributed by atoms with van der Waals surface area (Å²) in [6.45, 7) is 3.51. The molecule has 0 aromatic heterocycles. The predicted molar refractivity (Wildman–Crippen MR) is 80.1 cm³/mol. The molecule has 1 rings (SSSR count). The van der Waals surface area contributed by atoms with E-state index in [-0.39, 0.29) is 31.1 Å². The van der Waals surface area contributed by atoms with Gasteiger partial charge in [0.15, 0.2) is 0 Å². The Morgan fingerprint density at radius 2 is 2.19 bits per heavy atom. The van der Waals surface area contributed by atoms with Crippen LogP contribution in [0.25, 0.3) is 0 Å². The molecule has 0 amide bonds. The summed E-state index contributed by atoms with van der Waals surface area (Å²) < 4.78 is 10.7. The Hall–Kier alpha value is -1.67. The smallest absolute Gasteiger partial charge is 0.325 e. The fourth-order valence-corrected chi connectivity index (χ4v) is 2.02. The first kappa shape index (κ1) is 17.4. The van der Waals surface area contributed by atoms with E-state index in [1.54, 1.807) is 19.1 Å². The van der Waals surface area contributed by atoms with Crippen LogP contribution in [-0.2, 0) is 9.53 Å². The van der Waals surface area contributed by atoms with Crippen LogP contribution >= 0.6 is 15.9 Å². The third-order valence-corrected chi connectivity index (χ3v) is 3.38. The average molecular weight is 361 g/mol. The van der Waals surface area contributed by atoms with Gasteiger partial charge in [0.25, 0.3) is 0 Å². The predicted octanol–water partition coefficient (Wildman–Crippen LogP) is 2.41. The number of benzene rings is 1. The molecule has 0 saturated carbocycles. The molecule has 0 aliphatic carbocycles. The number of halogens is 1. The van der Waals surface area contributed by atoms with Crippen LogP contribution in [0.3, 0.4) is 0 Å². The van der Waals surface area contributed by atoms with E-state index in [0.717, 1.165) is 0 Å². The first-order chi connectivity index (χ1) is 9.79. The molecule has 0 radical (unpaired) electrons. The molecule has 116 valence electrons. The fraction of sp³-hybridized carbons (Fsp3) is 0.462. The molecule has 1 unspecified atom stereocenters. The van der Waals surface area contributed by atoms with E-state index in [9.17, 15) is 14.9 Å². The molecule has 0 spiro atoms. The second-order valence-electron chi connectivity index (χ2n) is 4.58. The highest BCUT2D eigenvalue weighted by Crippen LogP contribution is 2.34. The highest BCUT2D eigenvalue weighted by atomic mass is 79.9. The lowest BCUT2D eigenvalue weighted by atomic mass is 10.0. The Bertz CT molecular complexity index is 533. The molecule has 1 aromatic rings. The van der Waals surface area contributed by atoms with Gasteiger partial charge in [-0.3, -0.25) is 14.9 Å². The summed E-state index contributed by atoms with van der Waals surface area (Å²) in [4.78, 5) is 22.0. The number of nitrogens with zero attached hydrogens (tertiary/aromatic N) is 1. The molecule has 8 heteroatoms. The Morgan fingerprint density at radius 1 is 1.52 bits per heavy atom. The first-order valence-corrected chi connectivity index (χ1v) is 7.10. The number of nitro groups is 1. The van der Waals surface area contributed by atoms with Gasteiger partial charge in [0.2, 0.25) is 5.75 Å². The largest absolute Gasteiger partial charge is 0.486 e. The van der Waals surface area contributed by atoms with E-state index in [1.165, 1.54) is 13.0 Å². The number of para-hydroxylation sites is 1. The van der Waals surface area contributed by atoms with E-state index in [1.807, 2.05) is 0 Å². The van der Waals surface area contributed by atoms with E-state index in [2.05, 4.69) is 15.9 Å². The van der Waals surface area contributed by atoms with Gasteiger partial charge >= 0.3 is 11.7 Å². The van der Waals surface area contributed by atoms with Crippen LogP contribution in [0.2, 0.25) is 0 Å². The SMILES string of the molecule is CCOC(=O)C(C)(N)CCOc1c(Br)cccc1[N+](=O)[O-]. The Kier molecular flexibility index (Phi) is 6.10. The summed E-state index contributed by atoms with van der Waals surface area (Å²) in [5, 5.41) is 10.9. The lowest BCUT2D eigenvalue weighted by molar-refractivity contribution is -0.386. The van der Waals surface area contributed by atoms with Crippen LogP contribution in [0.1, 0.15) is 20.3 Å². The number of nitrogens with two attached hydrogens (primary N) is 1. The third kappa shape index (κ3) is 4.68. The highest BCUT2D eigenvalue weighted by Gasteiger charge is 2.30. The summed E-state index contributed by atoms with van der Waals surface area (Å²) in [7, 11) is 0. The minimum Gasteiger partial charge on any atom is -0.486 e. The zero-order valence-electron chi connectivity index (χ0n) is 11.8. The molecule has 2 N–H and O–H groups in total. The normalized spacial score (nSPS) is 13.3. The van der Waals surface area contributed by atoms with Crippen molar-refractivity contribution in [3.05, 3.63) is 32.8 Å². The molecule has 0 bridgehead atoms. The van der Waals surface area contributed by atoms with Crippen molar-refractivity contribution < 1.29 is 19.2 Å². The summed E-state index contributed by atoms with van der Waals surface area (Å²) in [6.07, 6.45) is 0.171. The number of nitro benzene ring substituents is 1. The maximum absolute atomic E-state index is 11.6. The van der Waals surface area contributed by atoms with Crippen molar-refractivity contribution in [3.63, 3.8) is 0 Å². The van der Waals surface area contributed by atoms with Crippen LogP contribution < -0.4 is 10.5 Å². The van der Waals surface area contributed by atoms with Crippen LogP contribution in [0.5, 0.6) is 5.75 Å². The van der Waals surface area contributed by atoms with Crippen molar-refractivity contribution >= 4 is 27.6 Å².